The van der Waals surface area contributed by atoms with Gasteiger partial charge >= 0.3 is 0 Å². The maximum Gasteiger partial charge on any atom is 0.140 e. The molecule has 15 heavy (non-hydrogen) atoms. The molecule has 0 aliphatic heterocycles. The van der Waals surface area contributed by atoms with Gasteiger partial charge in [-0.05, 0) is 12.1 Å². The Kier molecular flexibility index (Phi) is 2.38. The minimum Gasteiger partial charge on any atom is -0.399 e. The first-order chi connectivity index (χ1) is 7.31. The van der Waals surface area contributed by atoms with Crippen molar-refractivity contribution in [2.75, 3.05) is 5.73 Å². The van der Waals surface area contributed by atoms with Crippen molar-refractivity contribution in [3.05, 3.63) is 36.7 Å². The maximum atomic E-state index is 8.64. The van der Waals surface area contributed by atoms with Crippen molar-refractivity contribution < 1.29 is 0 Å². The number of hydrogen-bond acceptors (Lipinski definition) is 3. The number of rotatable bonds is 2. The molecule has 0 spiro atoms. The summed E-state index contributed by atoms with van der Waals surface area (Å²) < 4.78 is 1.79. The van der Waals surface area contributed by atoms with Crippen LogP contribution in [0.5, 0.6) is 0 Å². The molecular formula is C11H10N4. The van der Waals surface area contributed by atoms with Gasteiger partial charge in [0.2, 0.25) is 0 Å². The van der Waals surface area contributed by atoms with Crippen LogP contribution < -0.4 is 5.73 Å². The van der Waals surface area contributed by atoms with Crippen molar-refractivity contribution >= 4 is 5.69 Å². The second-order valence-corrected chi connectivity index (χ2v) is 3.16. The summed E-state index contributed by atoms with van der Waals surface area (Å²) >= 11 is 0. The Morgan fingerprint density at radius 2 is 2.33 bits per heavy atom. The topological polar surface area (TPSA) is 67.6 Å². The van der Waals surface area contributed by atoms with Gasteiger partial charge in [0.05, 0.1) is 6.07 Å². The molecule has 0 saturated carbocycles. The Morgan fingerprint density at radius 1 is 1.47 bits per heavy atom. The summed E-state index contributed by atoms with van der Waals surface area (Å²) in [5.41, 5.74) is 7.31. The second-order valence-electron chi connectivity index (χ2n) is 3.16. The van der Waals surface area contributed by atoms with Crippen molar-refractivity contribution in [2.24, 2.45) is 0 Å². The van der Waals surface area contributed by atoms with Crippen LogP contribution in [-0.2, 0) is 6.54 Å². The minimum absolute atomic E-state index is 0.296. The molecule has 1 aromatic heterocycles. The van der Waals surface area contributed by atoms with Gasteiger partial charge in [0.15, 0.2) is 0 Å². The molecule has 2 N–H and O–H groups in total. The smallest absolute Gasteiger partial charge is 0.140 e. The van der Waals surface area contributed by atoms with E-state index in [1.54, 1.807) is 17.0 Å². The molecule has 2 rings (SSSR count). The molecule has 0 aliphatic carbocycles. The van der Waals surface area contributed by atoms with E-state index in [2.05, 4.69) is 11.1 Å². The Labute approximate surface area is 87.6 Å². The van der Waals surface area contributed by atoms with E-state index in [-0.39, 0.29) is 0 Å². The summed E-state index contributed by atoms with van der Waals surface area (Å²) in [6, 6.07) is 9.54. The van der Waals surface area contributed by atoms with E-state index in [1.807, 2.05) is 24.3 Å². The fraction of sp³-hybridized carbons (Fsp3) is 0.0909. The predicted octanol–water partition coefficient (Wildman–Crippen LogP) is 1.66. The number of benzene rings is 1. The number of aromatic nitrogens is 2. The van der Waals surface area contributed by atoms with Crippen molar-refractivity contribution in [1.82, 2.24) is 9.55 Å². The minimum atomic E-state index is 0.296. The molecule has 4 nitrogen and oxygen atoms in total. The van der Waals surface area contributed by atoms with Crippen LogP contribution in [0.25, 0.3) is 11.4 Å². The summed E-state index contributed by atoms with van der Waals surface area (Å²) in [6.45, 7) is 0.296. The maximum absolute atomic E-state index is 8.64. The zero-order valence-corrected chi connectivity index (χ0v) is 8.09. The fourth-order valence-electron chi connectivity index (χ4n) is 1.45. The zero-order valence-electron chi connectivity index (χ0n) is 8.09. The van der Waals surface area contributed by atoms with Gasteiger partial charge in [-0.3, -0.25) is 0 Å². The van der Waals surface area contributed by atoms with Crippen LogP contribution in [0.1, 0.15) is 0 Å². The molecule has 1 heterocycles. The summed E-state index contributed by atoms with van der Waals surface area (Å²) in [7, 11) is 0. The molecule has 0 radical (unpaired) electrons. The van der Waals surface area contributed by atoms with Gasteiger partial charge in [0.25, 0.3) is 0 Å². The van der Waals surface area contributed by atoms with E-state index in [9.17, 15) is 0 Å². The summed E-state index contributed by atoms with van der Waals surface area (Å²) in [5.74, 6) is 0.767. The zero-order chi connectivity index (χ0) is 10.7. The molecule has 74 valence electrons. The van der Waals surface area contributed by atoms with E-state index in [4.69, 9.17) is 11.0 Å². The fourth-order valence-corrected chi connectivity index (χ4v) is 1.45. The van der Waals surface area contributed by atoms with Gasteiger partial charge in [-0.1, -0.05) is 12.1 Å². The molecular weight excluding hydrogens is 188 g/mol. The van der Waals surface area contributed by atoms with Crippen molar-refractivity contribution in [3.63, 3.8) is 0 Å². The molecule has 1 aromatic carbocycles. The van der Waals surface area contributed by atoms with Crippen molar-refractivity contribution in [2.45, 2.75) is 6.54 Å². The largest absolute Gasteiger partial charge is 0.399 e. The number of nitrogens with two attached hydrogens (primary N) is 1. The molecule has 0 unspecified atom stereocenters. The molecule has 0 bridgehead atoms. The molecule has 0 atom stereocenters. The van der Waals surface area contributed by atoms with Crippen LogP contribution in [0.2, 0.25) is 0 Å². The first-order valence-corrected chi connectivity index (χ1v) is 4.55. The highest BCUT2D eigenvalue weighted by atomic mass is 15.1. The summed E-state index contributed by atoms with van der Waals surface area (Å²) in [4.78, 5) is 4.20. The number of imidazole rings is 1. The first-order valence-electron chi connectivity index (χ1n) is 4.55. The Balaban J connectivity index is 2.45. The van der Waals surface area contributed by atoms with Gasteiger partial charge in [0.1, 0.15) is 12.4 Å². The standard InChI is InChI=1S/C11H10N4/c12-4-6-15-7-5-14-11(15)9-2-1-3-10(13)8-9/h1-3,5,7-8H,6,13H2. The lowest BCUT2D eigenvalue weighted by Crippen LogP contribution is -1.97. The number of nitrogens with zero attached hydrogens (tertiary/aromatic N) is 3. The molecule has 4 heteroatoms. The van der Waals surface area contributed by atoms with Crippen LogP contribution in [0.15, 0.2) is 36.7 Å². The van der Waals surface area contributed by atoms with Crippen LogP contribution >= 0.6 is 0 Å². The summed E-state index contributed by atoms with van der Waals surface area (Å²) in [5, 5.41) is 8.64. The lowest BCUT2D eigenvalue weighted by atomic mass is 10.2. The normalized spacial score (nSPS) is 9.80. The third-order valence-electron chi connectivity index (χ3n) is 2.10. The van der Waals surface area contributed by atoms with Gasteiger partial charge in [0, 0.05) is 23.6 Å². The quantitative estimate of drug-likeness (QED) is 0.746. The number of nitriles is 1. The van der Waals surface area contributed by atoms with E-state index in [1.165, 1.54) is 0 Å². The van der Waals surface area contributed by atoms with Crippen LogP contribution in [-0.4, -0.2) is 9.55 Å². The van der Waals surface area contributed by atoms with E-state index < -0.39 is 0 Å². The molecule has 0 aliphatic rings. The van der Waals surface area contributed by atoms with Crippen molar-refractivity contribution in [1.29, 1.82) is 5.26 Å². The monoisotopic (exact) mass is 198 g/mol. The lowest BCUT2D eigenvalue weighted by Gasteiger charge is -2.03. The molecule has 0 amide bonds. The highest BCUT2D eigenvalue weighted by Gasteiger charge is 2.04. The number of hydrogen-bond donors (Lipinski definition) is 1. The molecule has 0 saturated heterocycles. The highest BCUT2D eigenvalue weighted by molar-refractivity contribution is 5.61. The third kappa shape index (κ3) is 1.81. The van der Waals surface area contributed by atoms with Crippen molar-refractivity contribution in [3.8, 4) is 17.5 Å². The van der Waals surface area contributed by atoms with Crippen LogP contribution in [0.4, 0.5) is 5.69 Å². The highest BCUT2D eigenvalue weighted by Crippen LogP contribution is 2.19. The van der Waals surface area contributed by atoms with E-state index in [0.717, 1.165) is 11.4 Å². The predicted molar refractivity (Wildman–Crippen MR) is 57.7 cm³/mol. The van der Waals surface area contributed by atoms with Gasteiger partial charge in [-0.25, -0.2) is 4.98 Å². The van der Waals surface area contributed by atoms with Gasteiger partial charge in [-0.15, -0.1) is 0 Å². The number of anilines is 1. The van der Waals surface area contributed by atoms with E-state index in [0.29, 0.717) is 12.2 Å². The Morgan fingerprint density at radius 3 is 3.07 bits per heavy atom. The second kappa shape index (κ2) is 3.84. The van der Waals surface area contributed by atoms with Crippen LogP contribution in [0, 0.1) is 11.3 Å². The third-order valence-corrected chi connectivity index (χ3v) is 2.10. The van der Waals surface area contributed by atoms with Crippen LogP contribution in [0.3, 0.4) is 0 Å². The first kappa shape index (κ1) is 9.28. The number of nitrogen functional groups attached to an aromatic ring is 1. The van der Waals surface area contributed by atoms with Gasteiger partial charge < -0.3 is 10.3 Å². The molecule has 2 aromatic rings. The SMILES string of the molecule is N#CCn1ccnc1-c1cccc(N)c1. The molecule has 0 fully saturated rings. The Hall–Kier alpha value is -2.28. The average molecular weight is 198 g/mol. The van der Waals surface area contributed by atoms with E-state index >= 15 is 0 Å². The Bertz CT molecular complexity index is 507. The average Bonchev–Trinajstić information content (AvgIpc) is 2.66. The lowest BCUT2D eigenvalue weighted by molar-refractivity contribution is 0.841. The van der Waals surface area contributed by atoms with Gasteiger partial charge in [-0.2, -0.15) is 5.26 Å². The summed E-state index contributed by atoms with van der Waals surface area (Å²) in [6.07, 6.45) is 3.46.